The average molecular weight is 275 g/mol. The molecular formula is C12H16Cl2N2O. The van der Waals surface area contributed by atoms with Gasteiger partial charge in [-0.25, -0.2) is 4.98 Å². The van der Waals surface area contributed by atoms with Gasteiger partial charge in [0.25, 0.3) is 0 Å². The Labute approximate surface area is 113 Å². The van der Waals surface area contributed by atoms with Crippen LogP contribution in [0.1, 0.15) is 12.0 Å². The van der Waals surface area contributed by atoms with Crippen LogP contribution in [0.3, 0.4) is 0 Å². The predicted molar refractivity (Wildman–Crippen MR) is 72.3 cm³/mol. The van der Waals surface area contributed by atoms with Gasteiger partial charge in [-0.05, 0) is 31.0 Å². The van der Waals surface area contributed by atoms with E-state index in [9.17, 15) is 0 Å². The minimum absolute atomic E-state index is 0. The molecule has 2 heterocycles. The highest BCUT2D eigenvalue weighted by molar-refractivity contribution is 6.30. The molecule has 1 aliphatic heterocycles. The molecular weight excluding hydrogens is 259 g/mol. The summed E-state index contributed by atoms with van der Waals surface area (Å²) in [6, 6.07) is 2.41. The van der Waals surface area contributed by atoms with Crippen molar-refractivity contribution in [2.45, 2.75) is 18.9 Å². The van der Waals surface area contributed by atoms with E-state index in [2.05, 4.69) is 16.9 Å². The van der Waals surface area contributed by atoms with E-state index in [4.69, 9.17) is 16.3 Å². The molecule has 94 valence electrons. The first kappa shape index (κ1) is 14.3. The van der Waals surface area contributed by atoms with E-state index in [-0.39, 0.29) is 12.4 Å². The fourth-order valence-corrected chi connectivity index (χ4v) is 1.72. The van der Waals surface area contributed by atoms with Crippen molar-refractivity contribution < 1.29 is 4.74 Å². The van der Waals surface area contributed by atoms with Crippen molar-refractivity contribution in [1.29, 1.82) is 0 Å². The van der Waals surface area contributed by atoms with Crippen LogP contribution >= 0.6 is 24.0 Å². The number of pyridine rings is 1. The Kier molecular flexibility index (Phi) is 5.75. The lowest BCUT2D eigenvalue weighted by Gasteiger charge is -2.27. The first-order chi connectivity index (χ1) is 7.79. The van der Waals surface area contributed by atoms with E-state index in [1.807, 2.05) is 6.07 Å². The Morgan fingerprint density at radius 2 is 2.41 bits per heavy atom. The highest BCUT2D eigenvalue weighted by Gasteiger charge is 2.16. The third-order valence-corrected chi connectivity index (χ3v) is 2.97. The van der Waals surface area contributed by atoms with Gasteiger partial charge >= 0.3 is 0 Å². The summed E-state index contributed by atoms with van der Waals surface area (Å²) in [5, 5.41) is 3.80. The molecule has 5 heteroatoms. The molecule has 2 rings (SSSR count). The molecule has 0 aromatic carbocycles. The summed E-state index contributed by atoms with van der Waals surface area (Å²) in [4.78, 5) is 4.09. The molecule has 1 aromatic rings. The van der Waals surface area contributed by atoms with Crippen LogP contribution in [0, 0.1) is 0 Å². The summed E-state index contributed by atoms with van der Waals surface area (Å²) in [6.07, 6.45) is 5.36. The van der Waals surface area contributed by atoms with E-state index < -0.39 is 0 Å². The second kappa shape index (κ2) is 6.84. The van der Waals surface area contributed by atoms with Gasteiger partial charge in [0.1, 0.15) is 17.5 Å². The Bertz CT molecular complexity index is 381. The zero-order chi connectivity index (χ0) is 11.4. The van der Waals surface area contributed by atoms with Crippen LogP contribution in [0.5, 0.6) is 5.75 Å². The highest BCUT2D eigenvalue weighted by atomic mass is 35.5. The van der Waals surface area contributed by atoms with Gasteiger partial charge in [0, 0.05) is 6.04 Å². The van der Waals surface area contributed by atoms with Crippen molar-refractivity contribution in [2.75, 3.05) is 13.2 Å². The van der Waals surface area contributed by atoms with Crippen molar-refractivity contribution in [3.05, 3.63) is 35.6 Å². The minimum Gasteiger partial charge on any atom is -0.490 e. The lowest BCUT2D eigenvalue weighted by molar-refractivity contribution is 0.217. The van der Waals surface area contributed by atoms with Crippen LogP contribution in [0.4, 0.5) is 0 Å². The van der Waals surface area contributed by atoms with Crippen molar-refractivity contribution in [1.82, 2.24) is 10.3 Å². The lowest BCUT2D eigenvalue weighted by atomic mass is 10.1. The molecule has 17 heavy (non-hydrogen) atoms. The van der Waals surface area contributed by atoms with Crippen molar-refractivity contribution in [3.63, 3.8) is 0 Å². The third kappa shape index (κ3) is 3.87. The smallest absolute Gasteiger partial charge is 0.138 e. The van der Waals surface area contributed by atoms with Crippen LogP contribution in [0.15, 0.2) is 24.9 Å². The summed E-state index contributed by atoms with van der Waals surface area (Å²) in [5.74, 6) is 0.773. The molecule has 1 aliphatic rings. The summed E-state index contributed by atoms with van der Waals surface area (Å²) in [6.45, 7) is 5.47. The molecule has 0 amide bonds. The van der Waals surface area contributed by atoms with Gasteiger partial charge in [0.05, 0.1) is 6.20 Å². The standard InChI is InChI=1S/C12H15ClN2O.ClH/c1-2-3-9-6-11(7-15-12(9)13)16-8-10-4-5-14-10;/h2,6-7,10,14H,1,3-5,8H2;1H/t10-;/m0./s1. The third-order valence-electron chi connectivity index (χ3n) is 2.63. The van der Waals surface area contributed by atoms with Crippen LogP contribution in [0.25, 0.3) is 0 Å². The SMILES string of the molecule is C=CCc1cc(OC[C@@H]2CCN2)cnc1Cl.Cl. The Morgan fingerprint density at radius 1 is 1.65 bits per heavy atom. The molecule has 0 unspecified atom stereocenters. The zero-order valence-corrected chi connectivity index (χ0v) is 11.1. The van der Waals surface area contributed by atoms with Crippen LogP contribution < -0.4 is 10.1 Å². The van der Waals surface area contributed by atoms with Gasteiger partial charge in [-0.3, -0.25) is 0 Å². The highest BCUT2D eigenvalue weighted by Crippen LogP contribution is 2.20. The number of rotatable bonds is 5. The first-order valence-electron chi connectivity index (χ1n) is 5.41. The van der Waals surface area contributed by atoms with Gasteiger partial charge in [0.15, 0.2) is 0 Å². The van der Waals surface area contributed by atoms with Gasteiger partial charge in [-0.15, -0.1) is 19.0 Å². The van der Waals surface area contributed by atoms with Crippen molar-refractivity contribution in [3.8, 4) is 5.75 Å². The maximum absolute atomic E-state index is 5.95. The number of hydrogen-bond donors (Lipinski definition) is 1. The van der Waals surface area contributed by atoms with Crippen molar-refractivity contribution >= 4 is 24.0 Å². The number of aromatic nitrogens is 1. The van der Waals surface area contributed by atoms with E-state index in [1.54, 1.807) is 12.3 Å². The van der Waals surface area contributed by atoms with E-state index in [0.717, 1.165) is 17.9 Å². The summed E-state index contributed by atoms with van der Waals surface area (Å²) in [7, 11) is 0. The number of nitrogens with zero attached hydrogens (tertiary/aromatic N) is 1. The maximum Gasteiger partial charge on any atom is 0.138 e. The van der Waals surface area contributed by atoms with Crippen molar-refractivity contribution in [2.24, 2.45) is 0 Å². The Hall–Kier alpha value is -0.770. The largest absolute Gasteiger partial charge is 0.490 e. The average Bonchev–Trinajstić information content (AvgIpc) is 2.21. The monoisotopic (exact) mass is 274 g/mol. The summed E-state index contributed by atoms with van der Waals surface area (Å²) < 4.78 is 5.63. The molecule has 0 radical (unpaired) electrons. The Balaban J connectivity index is 0.00000144. The van der Waals surface area contributed by atoms with Crippen LogP contribution in [0.2, 0.25) is 5.15 Å². The van der Waals surface area contributed by atoms with E-state index >= 15 is 0 Å². The molecule has 1 atom stereocenters. The van der Waals surface area contributed by atoms with Gasteiger partial charge in [-0.2, -0.15) is 0 Å². The number of nitrogens with one attached hydrogen (secondary N) is 1. The number of ether oxygens (including phenoxy) is 1. The molecule has 1 aromatic heterocycles. The molecule has 1 N–H and O–H groups in total. The topological polar surface area (TPSA) is 34.1 Å². The fraction of sp³-hybridized carbons (Fsp3) is 0.417. The van der Waals surface area contributed by atoms with Crippen LogP contribution in [-0.4, -0.2) is 24.2 Å². The molecule has 3 nitrogen and oxygen atoms in total. The van der Waals surface area contributed by atoms with Crippen LogP contribution in [-0.2, 0) is 6.42 Å². The van der Waals surface area contributed by atoms with Gasteiger partial charge in [-0.1, -0.05) is 17.7 Å². The molecule has 1 saturated heterocycles. The molecule has 0 saturated carbocycles. The molecule has 0 spiro atoms. The predicted octanol–water partition coefficient (Wildman–Crippen LogP) is 2.63. The van der Waals surface area contributed by atoms with Gasteiger partial charge < -0.3 is 10.1 Å². The van der Waals surface area contributed by atoms with E-state index in [1.165, 1.54) is 6.42 Å². The lowest BCUT2D eigenvalue weighted by Crippen LogP contribution is -2.46. The fourth-order valence-electron chi connectivity index (χ4n) is 1.54. The number of hydrogen-bond acceptors (Lipinski definition) is 3. The summed E-state index contributed by atoms with van der Waals surface area (Å²) in [5.41, 5.74) is 0.954. The number of halogens is 2. The normalized spacial score (nSPS) is 17.8. The van der Waals surface area contributed by atoms with E-state index in [0.29, 0.717) is 24.2 Å². The molecule has 0 aliphatic carbocycles. The minimum atomic E-state index is 0. The zero-order valence-electron chi connectivity index (χ0n) is 9.49. The maximum atomic E-state index is 5.95. The summed E-state index contributed by atoms with van der Waals surface area (Å²) >= 11 is 5.95. The van der Waals surface area contributed by atoms with Gasteiger partial charge in [0.2, 0.25) is 0 Å². The first-order valence-corrected chi connectivity index (χ1v) is 5.79. The molecule has 1 fully saturated rings. The number of allylic oxidation sites excluding steroid dienone is 1. The Morgan fingerprint density at radius 3 is 3.00 bits per heavy atom. The second-order valence-electron chi connectivity index (χ2n) is 3.86. The molecule has 0 bridgehead atoms. The quantitative estimate of drug-likeness (QED) is 0.662. The second-order valence-corrected chi connectivity index (χ2v) is 4.22.